The van der Waals surface area contributed by atoms with E-state index < -0.39 is 6.61 Å². The monoisotopic (exact) mass is 348 g/mol. The molecule has 1 aromatic rings. The first kappa shape index (κ1) is 19.6. The van der Waals surface area contributed by atoms with Crippen LogP contribution in [0.2, 0.25) is 0 Å². The van der Waals surface area contributed by atoms with E-state index in [1.54, 1.807) is 18.2 Å². The van der Waals surface area contributed by atoms with Gasteiger partial charge in [0.15, 0.2) is 0 Å². The molecule has 1 amide bonds. The first-order valence-electron chi connectivity index (χ1n) is 7.55. The molecule has 1 atom stereocenters. The molecule has 1 aliphatic heterocycles. The topological polar surface area (TPSA) is 41.6 Å². The van der Waals surface area contributed by atoms with Crippen LogP contribution in [0.3, 0.4) is 0 Å². The lowest BCUT2D eigenvalue weighted by Crippen LogP contribution is -2.43. The van der Waals surface area contributed by atoms with Crippen LogP contribution in [-0.2, 0) is 11.2 Å². The molecular formula is C16H23ClF2N2O2. The molecular weight excluding hydrogens is 326 g/mol. The predicted molar refractivity (Wildman–Crippen MR) is 87.3 cm³/mol. The molecule has 0 radical (unpaired) electrons. The summed E-state index contributed by atoms with van der Waals surface area (Å²) in [5.41, 5.74) is 0.503. The minimum absolute atomic E-state index is 0. The number of hydrogen-bond donors (Lipinski definition) is 1. The van der Waals surface area contributed by atoms with Gasteiger partial charge < -0.3 is 15.0 Å². The van der Waals surface area contributed by atoms with Gasteiger partial charge >= 0.3 is 6.61 Å². The van der Waals surface area contributed by atoms with Crippen molar-refractivity contribution in [2.24, 2.45) is 5.92 Å². The summed E-state index contributed by atoms with van der Waals surface area (Å²) in [6, 6.07) is 6.47. The molecule has 0 spiro atoms. The number of likely N-dealkylation sites (tertiary alicyclic amines) is 1. The molecule has 0 aliphatic carbocycles. The Kier molecular flexibility index (Phi) is 8.26. The van der Waals surface area contributed by atoms with Crippen LogP contribution in [0.4, 0.5) is 8.78 Å². The Morgan fingerprint density at radius 1 is 1.43 bits per heavy atom. The minimum atomic E-state index is -2.88. The number of carbonyl (C=O) groups excluding carboxylic acids is 1. The van der Waals surface area contributed by atoms with Crippen LogP contribution in [-0.4, -0.2) is 44.1 Å². The molecule has 130 valence electrons. The van der Waals surface area contributed by atoms with Gasteiger partial charge in [0.25, 0.3) is 0 Å². The molecule has 1 fully saturated rings. The number of piperidine rings is 1. The third-order valence-electron chi connectivity index (χ3n) is 3.89. The number of nitrogens with one attached hydrogen (secondary N) is 1. The molecule has 2 rings (SSSR count). The van der Waals surface area contributed by atoms with Gasteiger partial charge in [-0.2, -0.15) is 8.78 Å². The second-order valence-electron chi connectivity index (χ2n) is 5.57. The quantitative estimate of drug-likeness (QED) is 0.859. The fraction of sp³-hybridized carbons (Fsp3) is 0.562. The molecule has 1 heterocycles. The Labute approximate surface area is 141 Å². The molecule has 1 aliphatic rings. The third-order valence-corrected chi connectivity index (χ3v) is 3.89. The molecule has 1 N–H and O–H groups in total. The van der Waals surface area contributed by atoms with E-state index in [1.807, 2.05) is 11.9 Å². The number of nitrogens with zero attached hydrogens (tertiary/aromatic N) is 1. The van der Waals surface area contributed by atoms with E-state index in [2.05, 4.69) is 10.1 Å². The van der Waals surface area contributed by atoms with Crippen molar-refractivity contribution in [1.29, 1.82) is 0 Å². The van der Waals surface area contributed by atoms with Crippen molar-refractivity contribution < 1.29 is 18.3 Å². The Morgan fingerprint density at radius 3 is 2.87 bits per heavy atom. The fourth-order valence-corrected chi connectivity index (χ4v) is 2.88. The van der Waals surface area contributed by atoms with Crippen LogP contribution in [0.1, 0.15) is 18.4 Å². The highest BCUT2D eigenvalue weighted by Gasteiger charge is 2.24. The zero-order chi connectivity index (χ0) is 15.9. The highest BCUT2D eigenvalue weighted by molar-refractivity contribution is 5.85. The number of alkyl halides is 2. The summed E-state index contributed by atoms with van der Waals surface area (Å²) in [4.78, 5) is 14.2. The number of para-hydroxylation sites is 1. The van der Waals surface area contributed by atoms with Crippen LogP contribution in [0.5, 0.6) is 5.75 Å². The largest absolute Gasteiger partial charge is 0.435 e. The molecule has 0 bridgehead atoms. The van der Waals surface area contributed by atoms with E-state index in [0.717, 1.165) is 32.5 Å². The maximum atomic E-state index is 12.4. The molecule has 0 aromatic heterocycles. The minimum Gasteiger partial charge on any atom is -0.435 e. The Balaban J connectivity index is 0.00000264. The van der Waals surface area contributed by atoms with Crippen LogP contribution < -0.4 is 10.1 Å². The van der Waals surface area contributed by atoms with Crippen LogP contribution >= 0.6 is 12.4 Å². The van der Waals surface area contributed by atoms with E-state index in [-0.39, 0.29) is 30.5 Å². The molecule has 0 saturated carbocycles. The Hall–Kier alpha value is -1.40. The van der Waals surface area contributed by atoms with Gasteiger partial charge in [-0.15, -0.1) is 12.4 Å². The van der Waals surface area contributed by atoms with E-state index in [0.29, 0.717) is 11.5 Å². The zero-order valence-electron chi connectivity index (χ0n) is 13.1. The van der Waals surface area contributed by atoms with Gasteiger partial charge in [-0.05, 0) is 38.4 Å². The lowest BCUT2D eigenvalue weighted by molar-refractivity contribution is -0.132. The first-order chi connectivity index (χ1) is 10.6. The smallest absolute Gasteiger partial charge is 0.387 e. The maximum Gasteiger partial charge on any atom is 0.387 e. The fourth-order valence-electron chi connectivity index (χ4n) is 2.88. The average molecular weight is 349 g/mol. The number of carbonyl (C=O) groups is 1. The number of benzene rings is 1. The van der Waals surface area contributed by atoms with E-state index in [9.17, 15) is 13.6 Å². The van der Waals surface area contributed by atoms with Gasteiger partial charge in [-0.3, -0.25) is 4.79 Å². The lowest BCUT2D eigenvalue weighted by Gasteiger charge is -2.33. The first-order valence-corrected chi connectivity index (χ1v) is 7.55. The molecule has 4 nitrogen and oxygen atoms in total. The standard InChI is InChI=1S/C16H22F2N2O2.ClH/c1-19-10-12-5-4-8-20(11-12)15(21)9-13-6-2-3-7-14(13)22-16(17)18;/h2-3,6-7,12,16,19H,4-5,8-11H2,1H3;1H. The number of rotatable bonds is 6. The average Bonchev–Trinajstić information content (AvgIpc) is 2.49. The normalized spacial score (nSPS) is 17.7. The summed E-state index contributed by atoms with van der Waals surface area (Å²) in [5, 5.41) is 3.14. The predicted octanol–water partition coefficient (Wildman–Crippen LogP) is 2.71. The van der Waals surface area contributed by atoms with Crippen LogP contribution in [0.25, 0.3) is 0 Å². The van der Waals surface area contributed by atoms with Gasteiger partial charge in [0.2, 0.25) is 5.91 Å². The van der Waals surface area contributed by atoms with Crippen molar-refractivity contribution in [3.63, 3.8) is 0 Å². The van der Waals surface area contributed by atoms with Crippen molar-refractivity contribution in [3.05, 3.63) is 29.8 Å². The summed E-state index contributed by atoms with van der Waals surface area (Å²) >= 11 is 0. The Morgan fingerprint density at radius 2 is 2.17 bits per heavy atom. The number of halogens is 3. The Bertz CT molecular complexity index is 501. The van der Waals surface area contributed by atoms with Gasteiger partial charge in [0.1, 0.15) is 5.75 Å². The summed E-state index contributed by atoms with van der Waals surface area (Å²) in [6.45, 7) is -0.546. The van der Waals surface area contributed by atoms with E-state index in [1.165, 1.54) is 6.07 Å². The molecule has 1 saturated heterocycles. The molecule has 23 heavy (non-hydrogen) atoms. The van der Waals surface area contributed by atoms with Crippen molar-refractivity contribution in [2.45, 2.75) is 25.9 Å². The van der Waals surface area contributed by atoms with Crippen LogP contribution in [0, 0.1) is 5.92 Å². The molecule has 1 unspecified atom stereocenters. The lowest BCUT2D eigenvalue weighted by atomic mass is 9.97. The molecule has 1 aromatic carbocycles. The number of hydrogen-bond acceptors (Lipinski definition) is 3. The van der Waals surface area contributed by atoms with Crippen molar-refractivity contribution in [2.75, 3.05) is 26.7 Å². The summed E-state index contributed by atoms with van der Waals surface area (Å²) in [6.07, 6.45) is 2.18. The second kappa shape index (κ2) is 9.67. The summed E-state index contributed by atoms with van der Waals surface area (Å²) < 4.78 is 29.3. The zero-order valence-corrected chi connectivity index (χ0v) is 14.0. The van der Waals surface area contributed by atoms with Crippen LogP contribution in [0.15, 0.2) is 24.3 Å². The number of amides is 1. The van der Waals surface area contributed by atoms with Crippen molar-refractivity contribution >= 4 is 18.3 Å². The summed E-state index contributed by atoms with van der Waals surface area (Å²) in [7, 11) is 1.90. The van der Waals surface area contributed by atoms with E-state index in [4.69, 9.17) is 0 Å². The van der Waals surface area contributed by atoms with Crippen molar-refractivity contribution in [1.82, 2.24) is 10.2 Å². The highest BCUT2D eigenvalue weighted by Crippen LogP contribution is 2.23. The van der Waals surface area contributed by atoms with Gasteiger partial charge in [-0.1, -0.05) is 18.2 Å². The highest BCUT2D eigenvalue weighted by atomic mass is 35.5. The van der Waals surface area contributed by atoms with Gasteiger partial charge in [0, 0.05) is 18.7 Å². The van der Waals surface area contributed by atoms with Gasteiger partial charge in [0.05, 0.1) is 6.42 Å². The third kappa shape index (κ3) is 5.95. The number of ether oxygens (including phenoxy) is 1. The van der Waals surface area contributed by atoms with Crippen molar-refractivity contribution in [3.8, 4) is 5.75 Å². The SMILES string of the molecule is CNCC1CCCN(C(=O)Cc2ccccc2OC(F)F)C1.Cl. The summed E-state index contributed by atoms with van der Waals surface area (Å²) in [5.74, 6) is 0.496. The maximum absolute atomic E-state index is 12.4. The van der Waals surface area contributed by atoms with E-state index >= 15 is 0 Å². The second-order valence-corrected chi connectivity index (χ2v) is 5.57. The molecule has 7 heteroatoms. The van der Waals surface area contributed by atoms with Gasteiger partial charge in [-0.25, -0.2) is 0 Å².